The highest BCUT2D eigenvalue weighted by Crippen LogP contribution is 2.29. The minimum atomic E-state index is -3.74. The SMILES string of the molecule is CCCC(C)N(C)S(=O)(=O)c1ccc(NC)c([N+](=O)[O-])c1. The van der Waals surface area contributed by atoms with E-state index in [1.54, 1.807) is 7.05 Å². The second-order valence-corrected chi connectivity index (χ2v) is 6.84. The van der Waals surface area contributed by atoms with Gasteiger partial charge in [-0.1, -0.05) is 13.3 Å². The molecule has 0 saturated carbocycles. The molecule has 1 N–H and O–H groups in total. The van der Waals surface area contributed by atoms with Crippen LogP contribution in [0.25, 0.3) is 0 Å². The number of anilines is 1. The predicted octanol–water partition coefficient (Wildman–Crippen LogP) is 2.45. The molecule has 118 valence electrons. The average molecular weight is 315 g/mol. The summed E-state index contributed by atoms with van der Waals surface area (Å²) < 4.78 is 26.3. The Morgan fingerprint density at radius 1 is 1.43 bits per heavy atom. The number of hydrogen-bond donors (Lipinski definition) is 1. The molecule has 7 nitrogen and oxygen atoms in total. The molecule has 0 fully saturated rings. The van der Waals surface area contributed by atoms with Crippen molar-refractivity contribution in [2.45, 2.75) is 37.6 Å². The summed E-state index contributed by atoms with van der Waals surface area (Å²) in [6, 6.07) is 3.71. The van der Waals surface area contributed by atoms with Crippen LogP contribution in [0.2, 0.25) is 0 Å². The highest BCUT2D eigenvalue weighted by Gasteiger charge is 2.27. The van der Waals surface area contributed by atoms with Gasteiger partial charge in [-0.3, -0.25) is 10.1 Å². The molecule has 0 heterocycles. The van der Waals surface area contributed by atoms with Crippen molar-refractivity contribution in [1.82, 2.24) is 4.31 Å². The quantitative estimate of drug-likeness (QED) is 0.616. The molecule has 1 atom stereocenters. The molecule has 1 aromatic rings. The van der Waals surface area contributed by atoms with E-state index in [1.807, 2.05) is 13.8 Å². The zero-order valence-corrected chi connectivity index (χ0v) is 13.5. The standard InChI is InChI=1S/C13H21N3O4S/c1-5-6-10(2)15(4)21(19,20)11-7-8-12(14-3)13(9-11)16(17)18/h7-10,14H,5-6H2,1-4H3. The van der Waals surface area contributed by atoms with Crippen LogP contribution in [0.1, 0.15) is 26.7 Å². The molecule has 0 aliphatic carbocycles. The molecule has 0 spiro atoms. The van der Waals surface area contributed by atoms with E-state index >= 15 is 0 Å². The lowest BCUT2D eigenvalue weighted by Gasteiger charge is -2.24. The lowest BCUT2D eigenvalue weighted by molar-refractivity contribution is -0.384. The molecular formula is C13H21N3O4S. The van der Waals surface area contributed by atoms with Gasteiger partial charge in [-0.25, -0.2) is 8.42 Å². The fraction of sp³-hybridized carbons (Fsp3) is 0.538. The number of nitro groups is 1. The summed E-state index contributed by atoms with van der Waals surface area (Å²) in [7, 11) is -0.699. The smallest absolute Gasteiger partial charge is 0.293 e. The number of sulfonamides is 1. The number of benzene rings is 1. The average Bonchev–Trinajstić information content (AvgIpc) is 2.45. The summed E-state index contributed by atoms with van der Waals surface area (Å²) in [5.74, 6) is 0. The first kappa shape index (κ1) is 17.4. The maximum Gasteiger partial charge on any atom is 0.293 e. The van der Waals surface area contributed by atoms with Crippen molar-refractivity contribution in [3.05, 3.63) is 28.3 Å². The Bertz CT molecular complexity index is 616. The Hall–Kier alpha value is -1.67. The van der Waals surface area contributed by atoms with Gasteiger partial charge in [0.2, 0.25) is 10.0 Å². The molecule has 0 bridgehead atoms. The molecule has 0 aliphatic rings. The van der Waals surface area contributed by atoms with Gasteiger partial charge < -0.3 is 5.32 Å². The summed E-state index contributed by atoms with van der Waals surface area (Å²) in [5, 5.41) is 13.7. The third-order valence-corrected chi connectivity index (χ3v) is 5.41. The van der Waals surface area contributed by atoms with E-state index in [-0.39, 0.29) is 22.3 Å². The van der Waals surface area contributed by atoms with E-state index in [0.717, 1.165) is 18.9 Å². The summed E-state index contributed by atoms with van der Waals surface area (Å²) in [4.78, 5) is 10.4. The predicted molar refractivity (Wildman–Crippen MR) is 82.0 cm³/mol. The molecule has 1 unspecified atom stereocenters. The molecule has 0 aliphatic heterocycles. The van der Waals surface area contributed by atoms with Crippen molar-refractivity contribution in [1.29, 1.82) is 0 Å². The highest BCUT2D eigenvalue weighted by molar-refractivity contribution is 7.89. The Balaban J connectivity index is 3.26. The number of nitrogens with one attached hydrogen (secondary N) is 1. The van der Waals surface area contributed by atoms with Crippen molar-refractivity contribution in [3.8, 4) is 0 Å². The maximum absolute atomic E-state index is 12.5. The van der Waals surface area contributed by atoms with Gasteiger partial charge in [0.15, 0.2) is 0 Å². The topological polar surface area (TPSA) is 92.6 Å². The molecule has 0 saturated heterocycles. The van der Waals surface area contributed by atoms with Crippen molar-refractivity contribution >= 4 is 21.4 Å². The summed E-state index contributed by atoms with van der Waals surface area (Å²) in [6.45, 7) is 3.79. The number of nitrogens with zero attached hydrogens (tertiary/aromatic N) is 2. The van der Waals surface area contributed by atoms with Crippen LogP contribution in [0.5, 0.6) is 0 Å². The summed E-state index contributed by atoms with van der Waals surface area (Å²) >= 11 is 0. The van der Waals surface area contributed by atoms with Gasteiger partial charge >= 0.3 is 0 Å². The van der Waals surface area contributed by atoms with E-state index in [4.69, 9.17) is 0 Å². The Morgan fingerprint density at radius 2 is 2.05 bits per heavy atom. The van der Waals surface area contributed by atoms with Crippen LogP contribution in [0.15, 0.2) is 23.1 Å². The van der Waals surface area contributed by atoms with Crippen LogP contribution in [-0.2, 0) is 10.0 Å². The fourth-order valence-electron chi connectivity index (χ4n) is 2.04. The van der Waals surface area contributed by atoms with Crippen molar-refractivity contribution in [2.24, 2.45) is 0 Å². The lowest BCUT2D eigenvalue weighted by Crippen LogP contribution is -2.35. The van der Waals surface area contributed by atoms with E-state index in [1.165, 1.54) is 23.5 Å². The van der Waals surface area contributed by atoms with Gasteiger partial charge in [-0.15, -0.1) is 0 Å². The Labute approximate surface area is 125 Å². The summed E-state index contributed by atoms with van der Waals surface area (Å²) in [6.07, 6.45) is 1.59. The normalized spacial score (nSPS) is 13.2. The molecule has 1 rings (SSSR count). The number of nitro benzene ring substituents is 1. The number of rotatable bonds is 7. The Kier molecular flexibility index (Phi) is 5.68. The fourth-order valence-corrected chi connectivity index (χ4v) is 3.45. The van der Waals surface area contributed by atoms with Crippen LogP contribution in [-0.4, -0.2) is 37.8 Å². The van der Waals surface area contributed by atoms with Gasteiger partial charge in [0, 0.05) is 26.2 Å². The van der Waals surface area contributed by atoms with Crippen LogP contribution in [0.3, 0.4) is 0 Å². The first-order chi connectivity index (χ1) is 9.75. The van der Waals surface area contributed by atoms with E-state index in [2.05, 4.69) is 5.32 Å². The van der Waals surface area contributed by atoms with Gasteiger partial charge in [0.1, 0.15) is 5.69 Å². The van der Waals surface area contributed by atoms with Crippen LogP contribution < -0.4 is 5.32 Å². The third-order valence-electron chi connectivity index (χ3n) is 3.44. The zero-order valence-electron chi connectivity index (χ0n) is 12.7. The van der Waals surface area contributed by atoms with E-state index in [9.17, 15) is 18.5 Å². The van der Waals surface area contributed by atoms with Crippen LogP contribution in [0, 0.1) is 10.1 Å². The van der Waals surface area contributed by atoms with Gasteiger partial charge in [0.05, 0.1) is 9.82 Å². The van der Waals surface area contributed by atoms with Gasteiger partial charge in [-0.2, -0.15) is 4.31 Å². The van der Waals surface area contributed by atoms with Crippen molar-refractivity contribution in [2.75, 3.05) is 19.4 Å². The molecule has 0 aromatic heterocycles. The van der Waals surface area contributed by atoms with Gasteiger partial charge in [-0.05, 0) is 25.5 Å². The van der Waals surface area contributed by atoms with Gasteiger partial charge in [0.25, 0.3) is 5.69 Å². The van der Waals surface area contributed by atoms with Crippen LogP contribution in [0.4, 0.5) is 11.4 Å². The minimum absolute atomic E-state index is 0.0707. The minimum Gasteiger partial charge on any atom is -0.383 e. The summed E-state index contributed by atoms with van der Waals surface area (Å²) in [5.41, 5.74) is 0.0262. The molecule has 0 amide bonds. The zero-order chi connectivity index (χ0) is 16.2. The largest absolute Gasteiger partial charge is 0.383 e. The van der Waals surface area contributed by atoms with Crippen LogP contribution >= 0.6 is 0 Å². The monoisotopic (exact) mass is 315 g/mol. The first-order valence-corrected chi connectivity index (χ1v) is 8.14. The Morgan fingerprint density at radius 3 is 2.52 bits per heavy atom. The lowest BCUT2D eigenvalue weighted by atomic mass is 10.2. The molecule has 0 radical (unpaired) electrons. The molecular weight excluding hydrogens is 294 g/mol. The van der Waals surface area contributed by atoms with E-state index in [0.29, 0.717) is 0 Å². The molecule has 21 heavy (non-hydrogen) atoms. The molecule has 1 aromatic carbocycles. The second-order valence-electron chi connectivity index (χ2n) is 4.85. The van der Waals surface area contributed by atoms with E-state index < -0.39 is 14.9 Å². The molecule has 8 heteroatoms. The maximum atomic E-state index is 12.5. The first-order valence-electron chi connectivity index (χ1n) is 6.69. The van der Waals surface area contributed by atoms with Crippen molar-refractivity contribution < 1.29 is 13.3 Å². The number of hydrogen-bond acceptors (Lipinski definition) is 5. The van der Waals surface area contributed by atoms with Crippen molar-refractivity contribution in [3.63, 3.8) is 0 Å². The third kappa shape index (κ3) is 3.70. The second kappa shape index (κ2) is 6.86. The highest BCUT2D eigenvalue weighted by atomic mass is 32.2.